The number of carbonyl (C=O) groups is 1. The van der Waals surface area contributed by atoms with Crippen molar-refractivity contribution in [1.29, 1.82) is 0 Å². The zero-order valence-corrected chi connectivity index (χ0v) is 16.4. The number of phenols is 1. The minimum absolute atomic E-state index is 0.0636. The van der Waals surface area contributed by atoms with Gasteiger partial charge in [-0.2, -0.15) is 0 Å². The van der Waals surface area contributed by atoms with Crippen molar-refractivity contribution in [3.63, 3.8) is 0 Å². The molecule has 0 bridgehead atoms. The number of aryl methyl sites for hydroxylation is 1. The van der Waals surface area contributed by atoms with E-state index in [-0.39, 0.29) is 23.1 Å². The van der Waals surface area contributed by atoms with Crippen LogP contribution in [-0.2, 0) is 4.79 Å². The Labute approximate surface area is 162 Å². The molecule has 1 saturated heterocycles. The maximum Gasteiger partial charge on any atom is 0.192 e. The van der Waals surface area contributed by atoms with Gasteiger partial charge in [-0.25, -0.2) is 4.98 Å². The fourth-order valence-electron chi connectivity index (χ4n) is 3.43. The van der Waals surface area contributed by atoms with E-state index in [1.54, 1.807) is 25.1 Å². The number of nitrogens with one attached hydrogen (secondary N) is 1. The molecule has 3 aromatic rings. The summed E-state index contributed by atoms with van der Waals surface area (Å²) in [5.74, 6) is 1.37. The van der Waals surface area contributed by atoms with Gasteiger partial charge < -0.3 is 19.7 Å². The van der Waals surface area contributed by atoms with Crippen LogP contribution in [0.5, 0.6) is 5.75 Å². The highest BCUT2D eigenvalue weighted by molar-refractivity contribution is 5.92. The Morgan fingerprint density at radius 2 is 2.04 bits per heavy atom. The zero-order chi connectivity index (χ0) is 20.1. The number of hydrogen-bond acceptors (Lipinski definition) is 8. The van der Waals surface area contributed by atoms with Crippen molar-refractivity contribution in [2.75, 3.05) is 18.0 Å². The maximum atomic E-state index is 12.3. The first kappa shape index (κ1) is 18.4. The van der Waals surface area contributed by atoms with Crippen LogP contribution in [0.4, 0.5) is 5.82 Å². The molecule has 1 unspecified atom stereocenters. The van der Waals surface area contributed by atoms with E-state index >= 15 is 0 Å². The van der Waals surface area contributed by atoms with Gasteiger partial charge >= 0.3 is 0 Å². The average Bonchev–Trinajstić information content (AvgIpc) is 3.14. The van der Waals surface area contributed by atoms with Crippen LogP contribution < -0.4 is 10.2 Å². The van der Waals surface area contributed by atoms with Gasteiger partial charge in [-0.05, 0) is 39.0 Å². The molecule has 1 fully saturated rings. The van der Waals surface area contributed by atoms with E-state index in [1.165, 1.54) is 0 Å². The molecule has 4 rings (SSSR count). The molecule has 0 aliphatic carbocycles. The molecule has 146 valence electrons. The number of aromatic hydroxyl groups is 1. The SMILES string of the molecule is Cc1nc2cc(O)c(-c3ccc(N4CC(=O)C(NC(C)(C)C)C4)nn3)cc2o1. The average molecular weight is 381 g/mol. The highest BCUT2D eigenvalue weighted by Gasteiger charge is 2.33. The van der Waals surface area contributed by atoms with E-state index in [9.17, 15) is 9.90 Å². The predicted molar refractivity (Wildman–Crippen MR) is 105 cm³/mol. The number of anilines is 1. The minimum Gasteiger partial charge on any atom is -0.507 e. The van der Waals surface area contributed by atoms with E-state index in [0.717, 1.165) is 0 Å². The van der Waals surface area contributed by atoms with Crippen molar-refractivity contribution in [3.05, 3.63) is 30.2 Å². The topological polar surface area (TPSA) is 104 Å². The van der Waals surface area contributed by atoms with Gasteiger partial charge in [0.25, 0.3) is 0 Å². The van der Waals surface area contributed by atoms with Crippen LogP contribution >= 0.6 is 0 Å². The van der Waals surface area contributed by atoms with Crippen LogP contribution in [0.3, 0.4) is 0 Å². The Hall–Kier alpha value is -3.00. The molecular formula is C20H23N5O3. The fourth-order valence-corrected chi connectivity index (χ4v) is 3.43. The second kappa shape index (κ2) is 6.56. The number of Topliss-reactive ketones (excluding diaryl/α,β-unsaturated/α-hetero) is 1. The number of carbonyl (C=O) groups excluding carboxylic acids is 1. The lowest BCUT2D eigenvalue weighted by atomic mass is 10.1. The molecule has 0 radical (unpaired) electrons. The van der Waals surface area contributed by atoms with Gasteiger partial charge in [-0.3, -0.25) is 4.79 Å². The summed E-state index contributed by atoms with van der Waals surface area (Å²) < 4.78 is 5.53. The van der Waals surface area contributed by atoms with E-state index in [4.69, 9.17) is 4.42 Å². The molecule has 1 aromatic carbocycles. The van der Waals surface area contributed by atoms with Gasteiger partial charge in [0.1, 0.15) is 11.3 Å². The van der Waals surface area contributed by atoms with Gasteiger partial charge in [0, 0.05) is 30.6 Å². The summed E-state index contributed by atoms with van der Waals surface area (Å²) in [5, 5.41) is 22.2. The number of rotatable bonds is 3. The lowest BCUT2D eigenvalue weighted by Crippen LogP contribution is -2.47. The van der Waals surface area contributed by atoms with Crippen molar-refractivity contribution >= 4 is 22.7 Å². The standard InChI is InChI=1S/C20H23N5O3/c1-11-21-14-8-16(26)12(7-18(14)28-11)13-5-6-19(24-23-13)25-9-15(17(27)10-25)22-20(2,3)4/h5-8,15,22,26H,9-10H2,1-4H3. The number of hydrogen-bond donors (Lipinski definition) is 2. The van der Waals surface area contributed by atoms with Gasteiger partial charge in [0.15, 0.2) is 23.1 Å². The van der Waals surface area contributed by atoms with Crippen LogP contribution in [0.1, 0.15) is 26.7 Å². The van der Waals surface area contributed by atoms with Crippen LogP contribution in [0.15, 0.2) is 28.7 Å². The summed E-state index contributed by atoms with van der Waals surface area (Å²) in [4.78, 5) is 18.4. The Morgan fingerprint density at radius 1 is 1.25 bits per heavy atom. The predicted octanol–water partition coefficient (Wildman–Crippen LogP) is 2.44. The van der Waals surface area contributed by atoms with Crippen LogP contribution in [0, 0.1) is 6.92 Å². The molecule has 2 aromatic heterocycles. The molecule has 3 heterocycles. The zero-order valence-electron chi connectivity index (χ0n) is 16.4. The van der Waals surface area contributed by atoms with Gasteiger partial charge in [-0.15, -0.1) is 10.2 Å². The molecular weight excluding hydrogens is 358 g/mol. The summed E-state index contributed by atoms with van der Waals surface area (Å²) in [5.41, 5.74) is 2.08. The molecule has 8 nitrogen and oxygen atoms in total. The highest BCUT2D eigenvalue weighted by Crippen LogP contribution is 2.32. The van der Waals surface area contributed by atoms with Crippen LogP contribution in [-0.4, -0.2) is 50.7 Å². The summed E-state index contributed by atoms with van der Waals surface area (Å²) >= 11 is 0. The summed E-state index contributed by atoms with van der Waals surface area (Å²) in [6.45, 7) is 8.73. The van der Waals surface area contributed by atoms with E-state index < -0.39 is 0 Å². The van der Waals surface area contributed by atoms with Gasteiger partial charge in [0.05, 0.1) is 18.3 Å². The smallest absolute Gasteiger partial charge is 0.192 e. The third kappa shape index (κ3) is 3.55. The summed E-state index contributed by atoms with van der Waals surface area (Å²) in [7, 11) is 0. The monoisotopic (exact) mass is 381 g/mol. The molecule has 0 spiro atoms. The second-order valence-electron chi connectivity index (χ2n) is 8.14. The molecule has 1 aliphatic heterocycles. The Balaban J connectivity index is 1.56. The first-order valence-corrected chi connectivity index (χ1v) is 9.19. The third-order valence-corrected chi connectivity index (χ3v) is 4.61. The molecule has 28 heavy (non-hydrogen) atoms. The largest absolute Gasteiger partial charge is 0.507 e. The summed E-state index contributed by atoms with van der Waals surface area (Å²) in [6, 6.07) is 6.63. The van der Waals surface area contributed by atoms with E-state index in [1.807, 2.05) is 31.7 Å². The van der Waals surface area contributed by atoms with Gasteiger partial charge in [-0.1, -0.05) is 0 Å². The molecule has 2 N–H and O–H groups in total. The van der Waals surface area contributed by atoms with Crippen LogP contribution in [0.25, 0.3) is 22.4 Å². The molecule has 8 heteroatoms. The van der Waals surface area contributed by atoms with Crippen molar-refractivity contribution in [2.24, 2.45) is 0 Å². The quantitative estimate of drug-likeness (QED) is 0.713. The number of ketones is 1. The van der Waals surface area contributed by atoms with Crippen molar-refractivity contribution in [2.45, 2.75) is 39.3 Å². The van der Waals surface area contributed by atoms with Gasteiger partial charge in [0.2, 0.25) is 0 Å². The minimum atomic E-state index is -0.220. The number of aromatic nitrogens is 3. The molecule has 0 amide bonds. The lowest BCUT2D eigenvalue weighted by molar-refractivity contribution is -0.118. The Bertz CT molecular complexity index is 1040. The van der Waals surface area contributed by atoms with Crippen LogP contribution in [0.2, 0.25) is 0 Å². The third-order valence-electron chi connectivity index (χ3n) is 4.61. The van der Waals surface area contributed by atoms with Crippen molar-refractivity contribution in [3.8, 4) is 17.0 Å². The first-order valence-electron chi connectivity index (χ1n) is 9.19. The number of phenolic OH excluding ortho intramolecular Hbond substituents is 1. The van der Waals surface area contributed by atoms with Crippen molar-refractivity contribution < 1.29 is 14.3 Å². The van der Waals surface area contributed by atoms with E-state index in [2.05, 4.69) is 20.5 Å². The lowest BCUT2D eigenvalue weighted by Gasteiger charge is -2.25. The molecule has 1 aliphatic rings. The number of oxazole rings is 1. The number of fused-ring (bicyclic) bond motifs is 1. The normalized spacial score (nSPS) is 17.6. The van der Waals surface area contributed by atoms with E-state index in [0.29, 0.717) is 47.2 Å². The summed E-state index contributed by atoms with van der Waals surface area (Å²) in [6.07, 6.45) is 0. The second-order valence-corrected chi connectivity index (χ2v) is 8.14. The molecule has 0 saturated carbocycles. The van der Waals surface area contributed by atoms with Crippen molar-refractivity contribution in [1.82, 2.24) is 20.5 Å². The Morgan fingerprint density at radius 3 is 2.71 bits per heavy atom. The number of benzene rings is 1. The molecule has 1 atom stereocenters. The first-order chi connectivity index (χ1) is 13.2. The number of nitrogens with zero attached hydrogens (tertiary/aromatic N) is 4. The fraction of sp³-hybridized carbons (Fsp3) is 0.400. The maximum absolute atomic E-state index is 12.3. The highest BCUT2D eigenvalue weighted by atomic mass is 16.3. The Kier molecular flexibility index (Phi) is 4.30.